The van der Waals surface area contributed by atoms with Gasteiger partial charge in [0.1, 0.15) is 5.56 Å². The first-order valence-corrected chi connectivity index (χ1v) is 10.7. The highest BCUT2D eigenvalue weighted by molar-refractivity contribution is 6.02. The van der Waals surface area contributed by atoms with Crippen molar-refractivity contribution in [3.63, 3.8) is 0 Å². The van der Waals surface area contributed by atoms with E-state index in [1.807, 2.05) is 6.07 Å². The number of carbonyl (C=O) groups is 3. The van der Waals surface area contributed by atoms with Crippen LogP contribution in [0.2, 0.25) is 0 Å². The van der Waals surface area contributed by atoms with Crippen LogP contribution < -0.4 is 11.1 Å². The first kappa shape index (κ1) is 28.7. The van der Waals surface area contributed by atoms with Gasteiger partial charge in [-0.15, -0.1) is 0 Å². The number of piperidine rings is 1. The number of likely N-dealkylation sites (tertiary alicyclic amines) is 1. The molecule has 0 aromatic carbocycles. The number of hydrogen-bond acceptors (Lipinski definition) is 6. The third-order valence-corrected chi connectivity index (χ3v) is 5.38. The SMILES string of the molecule is CC(F)(F)F.N#CCC1(n2cc(C(N)=O)c(NC(=O)C3CC3)n2)CCN(C(=O)OCC(F)(F)F)CC1. The fourth-order valence-electron chi connectivity index (χ4n) is 3.43. The molecule has 2 fully saturated rings. The Kier molecular flexibility index (Phi) is 8.81. The van der Waals surface area contributed by atoms with Gasteiger partial charge in [0.05, 0.1) is 18.0 Å². The minimum Gasteiger partial charge on any atom is -0.440 e. The number of nitrogens with zero attached hydrogens (tertiary/aromatic N) is 4. The van der Waals surface area contributed by atoms with Gasteiger partial charge in [0.15, 0.2) is 12.4 Å². The molecule has 16 heteroatoms. The molecule has 0 spiro atoms. The van der Waals surface area contributed by atoms with Crippen molar-refractivity contribution in [1.82, 2.24) is 14.7 Å². The molecule has 3 N–H and O–H groups in total. The summed E-state index contributed by atoms with van der Waals surface area (Å²) < 4.78 is 73.5. The predicted octanol–water partition coefficient (Wildman–Crippen LogP) is 3.30. The van der Waals surface area contributed by atoms with Crippen LogP contribution in [0.1, 0.15) is 49.4 Å². The molecule has 2 heterocycles. The second-order valence-electron chi connectivity index (χ2n) is 8.46. The second-order valence-corrected chi connectivity index (χ2v) is 8.46. The van der Waals surface area contributed by atoms with Crippen molar-refractivity contribution >= 4 is 23.7 Å². The van der Waals surface area contributed by atoms with Crippen molar-refractivity contribution in [2.75, 3.05) is 25.0 Å². The van der Waals surface area contributed by atoms with Gasteiger partial charge < -0.3 is 20.7 Å². The van der Waals surface area contributed by atoms with E-state index in [1.165, 1.54) is 10.9 Å². The summed E-state index contributed by atoms with van der Waals surface area (Å²) in [5.74, 6) is -1.22. The molecular weight excluding hydrogens is 502 g/mol. The smallest absolute Gasteiger partial charge is 0.422 e. The molecule has 0 atom stereocenters. The van der Waals surface area contributed by atoms with Crippen molar-refractivity contribution in [3.8, 4) is 6.07 Å². The van der Waals surface area contributed by atoms with Crippen molar-refractivity contribution in [1.29, 1.82) is 5.26 Å². The van der Waals surface area contributed by atoms with Gasteiger partial charge in [0.25, 0.3) is 5.91 Å². The van der Waals surface area contributed by atoms with Crippen LogP contribution in [0, 0.1) is 17.2 Å². The molecule has 10 nitrogen and oxygen atoms in total. The van der Waals surface area contributed by atoms with Gasteiger partial charge in [-0.25, -0.2) is 4.79 Å². The van der Waals surface area contributed by atoms with Crippen LogP contribution >= 0.6 is 0 Å². The van der Waals surface area contributed by atoms with E-state index in [4.69, 9.17) is 5.73 Å². The summed E-state index contributed by atoms with van der Waals surface area (Å²) in [5.41, 5.74) is 4.46. The topological polar surface area (TPSA) is 143 Å². The van der Waals surface area contributed by atoms with Gasteiger partial charge in [-0.05, 0) is 25.7 Å². The zero-order valence-electron chi connectivity index (χ0n) is 19.1. The van der Waals surface area contributed by atoms with Crippen LogP contribution in [0.5, 0.6) is 0 Å². The number of halogens is 6. The number of aromatic nitrogens is 2. The third kappa shape index (κ3) is 8.61. The Hall–Kier alpha value is -3.51. The molecule has 0 radical (unpaired) electrons. The molecule has 1 saturated carbocycles. The minimum atomic E-state index is -4.63. The van der Waals surface area contributed by atoms with Crippen molar-refractivity contribution in [2.45, 2.75) is 56.9 Å². The first-order chi connectivity index (χ1) is 16.5. The molecule has 3 amide bonds. The fourth-order valence-corrected chi connectivity index (χ4v) is 3.43. The molecule has 2 aliphatic rings. The lowest BCUT2D eigenvalue weighted by Gasteiger charge is -2.40. The summed E-state index contributed by atoms with van der Waals surface area (Å²) in [6.45, 7) is -1.45. The molecule has 1 saturated heterocycles. The number of nitrogens with one attached hydrogen (secondary N) is 1. The molecule has 0 unspecified atom stereocenters. The van der Waals surface area contributed by atoms with Gasteiger partial charge in [0, 0.05) is 32.1 Å². The van der Waals surface area contributed by atoms with Gasteiger partial charge >= 0.3 is 18.4 Å². The summed E-state index contributed by atoms with van der Waals surface area (Å²) >= 11 is 0. The summed E-state index contributed by atoms with van der Waals surface area (Å²) in [7, 11) is 0. The largest absolute Gasteiger partial charge is 0.440 e. The van der Waals surface area contributed by atoms with Crippen LogP contribution in [0.4, 0.5) is 37.0 Å². The van der Waals surface area contributed by atoms with Crippen molar-refractivity contribution in [2.24, 2.45) is 11.7 Å². The Bertz CT molecular complexity index is 998. The second kappa shape index (κ2) is 11.0. The maximum absolute atomic E-state index is 12.3. The standard InChI is InChI=1S/C18H21F3N6O4.C2H3F3/c19-18(20,21)10-31-16(30)26-7-4-17(3-6-22,5-8-26)27-9-12(13(23)28)14(25-27)24-15(29)11-1-2-11;1-2(3,4)5/h9,11H,1-5,7-8,10H2,(H2,23,28)(H,24,25,29);1H3. The number of nitrogens with two attached hydrogens (primary N) is 1. The number of hydrogen-bond donors (Lipinski definition) is 2. The summed E-state index contributed by atoms with van der Waals surface area (Å²) in [4.78, 5) is 36.9. The van der Waals surface area contributed by atoms with E-state index < -0.39 is 36.5 Å². The van der Waals surface area contributed by atoms with Crippen LogP contribution in [0.3, 0.4) is 0 Å². The van der Waals surface area contributed by atoms with Crippen molar-refractivity contribution < 1.29 is 45.5 Å². The zero-order valence-corrected chi connectivity index (χ0v) is 19.1. The monoisotopic (exact) mass is 526 g/mol. The van der Waals surface area contributed by atoms with Gasteiger partial charge in [-0.3, -0.25) is 14.3 Å². The third-order valence-electron chi connectivity index (χ3n) is 5.38. The first-order valence-electron chi connectivity index (χ1n) is 10.7. The van der Waals surface area contributed by atoms with Crippen LogP contribution in [-0.2, 0) is 15.1 Å². The Labute approximate surface area is 201 Å². The minimum absolute atomic E-state index is 0.00580. The quantitative estimate of drug-likeness (QED) is 0.545. The molecular formula is C20H24F6N6O4. The number of amides is 3. The maximum atomic E-state index is 12.3. The molecule has 1 aliphatic carbocycles. The van der Waals surface area contributed by atoms with Gasteiger partial charge in [-0.2, -0.15) is 36.7 Å². The molecule has 36 heavy (non-hydrogen) atoms. The number of alkyl halides is 6. The van der Waals surface area contributed by atoms with Crippen LogP contribution in [0.25, 0.3) is 0 Å². The highest BCUT2D eigenvalue weighted by Crippen LogP contribution is 2.35. The van der Waals surface area contributed by atoms with Gasteiger partial charge in [-0.1, -0.05) is 0 Å². The number of rotatable bonds is 6. The molecule has 200 valence electrons. The van der Waals surface area contributed by atoms with Gasteiger partial charge in [0.2, 0.25) is 5.91 Å². The van der Waals surface area contributed by atoms with E-state index in [2.05, 4.69) is 15.2 Å². The number of carbonyl (C=O) groups excluding carboxylic acids is 3. The van der Waals surface area contributed by atoms with E-state index >= 15 is 0 Å². The zero-order chi connectivity index (χ0) is 27.3. The lowest BCUT2D eigenvalue weighted by Crippen LogP contribution is -2.48. The Balaban J connectivity index is 0.000000830. The molecule has 0 bridgehead atoms. The van der Waals surface area contributed by atoms with E-state index in [0.29, 0.717) is 0 Å². The number of anilines is 1. The Morgan fingerprint density at radius 3 is 2.22 bits per heavy atom. The molecule has 1 aliphatic heterocycles. The predicted molar refractivity (Wildman–Crippen MR) is 110 cm³/mol. The van der Waals surface area contributed by atoms with E-state index in [0.717, 1.165) is 17.7 Å². The van der Waals surface area contributed by atoms with E-state index in [-0.39, 0.29) is 62.5 Å². The average Bonchev–Trinajstić information content (AvgIpc) is 3.51. The number of primary amides is 1. The summed E-state index contributed by atoms with van der Waals surface area (Å²) in [6.07, 6.45) is -6.56. The molecule has 1 aromatic heterocycles. The summed E-state index contributed by atoms with van der Waals surface area (Å²) in [6, 6.07) is 2.05. The van der Waals surface area contributed by atoms with Crippen LogP contribution in [0.15, 0.2) is 6.20 Å². The normalized spacial score (nSPS) is 17.3. The summed E-state index contributed by atoms with van der Waals surface area (Å²) in [5, 5.41) is 16.2. The van der Waals surface area contributed by atoms with Crippen molar-refractivity contribution in [3.05, 3.63) is 11.8 Å². The highest BCUT2D eigenvalue weighted by atomic mass is 19.4. The molecule has 1 aromatic rings. The highest BCUT2D eigenvalue weighted by Gasteiger charge is 2.41. The lowest BCUT2D eigenvalue weighted by atomic mass is 9.85. The lowest BCUT2D eigenvalue weighted by molar-refractivity contribution is -0.162. The average molecular weight is 526 g/mol. The Morgan fingerprint density at radius 2 is 1.78 bits per heavy atom. The number of ether oxygens (including phenoxy) is 1. The van der Waals surface area contributed by atoms with E-state index in [9.17, 15) is 46.0 Å². The maximum Gasteiger partial charge on any atom is 0.422 e. The fraction of sp³-hybridized carbons (Fsp3) is 0.650. The number of nitriles is 1. The van der Waals surface area contributed by atoms with Crippen LogP contribution in [-0.4, -0.2) is 64.6 Å². The van der Waals surface area contributed by atoms with E-state index in [1.54, 1.807) is 0 Å². The molecule has 3 rings (SSSR count). The Morgan fingerprint density at radius 1 is 1.22 bits per heavy atom.